The fourth-order valence-corrected chi connectivity index (χ4v) is 11.0. The van der Waals surface area contributed by atoms with Crippen LogP contribution in [0.25, 0.3) is 16.9 Å². The zero-order chi connectivity index (χ0) is 43.1. The molecule has 2 aromatic carbocycles. The van der Waals surface area contributed by atoms with Gasteiger partial charge in [-0.2, -0.15) is 4.98 Å². The minimum Gasteiger partial charge on any atom is -0.370 e. The monoisotopic (exact) mass is 847 g/mol. The van der Waals surface area contributed by atoms with Gasteiger partial charge in [0.25, 0.3) is 17.4 Å². The lowest BCUT2D eigenvalue weighted by Crippen LogP contribution is -2.68. The fourth-order valence-electron chi connectivity index (χ4n) is 11.0. The summed E-state index contributed by atoms with van der Waals surface area (Å²) in [5.74, 6) is -0.453. The first-order valence-corrected chi connectivity index (χ1v) is 22.2. The summed E-state index contributed by atoms with van der Waals surface area (Å²) in [5, 5.41) is 6.05. The minimum atomic E-state index is -0.976. The molecule has 4 aliphatic heterocycles. The second-order valence-corrected chi connectivity index (χ2v) is 18.0. The average molecular weight is 848 g/mol. The molecule has 322 valence electrons. The van der Waals surface area contributed by atoms with Crippen molar-refractivity contribution in [2.45, 2.75) is 76.4 Å². The number of nitrogens with zero attached hydrogens (tertiary/aromatic N) is 9. The molecule has 5 aromatic rings. The number of piperidine rings is 1. The van der Waals surface area contributed by atoms with Crippen molar-refractivity contribution >= 4 is 57.7 Å². The second-order valence-electron chi connectivity index (χ2n) is 18.0. The van der Waals surface area contributed by atoms with Gasteiger partial charge in [-0.3, -0.25) is 39.1 Å². The predicted octanol–water partition coefficient (Wildman–Crippen LogP) is 4.54. The SMILES string of the molecule is C=CCn1c(=O)c2cnc(Nc3ccc(N4CCN(C5CC6(C5)CN(c5cccc7c5C(=O)N(C5CCC(=O)NC5=O)C7=O)C6)CC4)cc3)nc2n1-c1ccc2c(n1)C(CC)CC2. The molecule has 16 nitrogen and oxygen atoms in total. The number of fused-ring (bicyclic) bond motifs is 3. The second kappa shape index (κ2) is 15.0. The number of pyridine rings is 1. The van der Waals surface area contributed by atoms with E-state index in [1.165, 1.54) is 5.56 Å². The van der Waals surface area contributed by atoms with Crippen LogP contribution in [0.15, 0.2) is 78.2 Å². The highest BCUT2D eigenvalue weighted by atomic mass is 16.2. The molecule has 3 aromatic heterocycles. The summed E-state index contributed by atoms with van der Waals surface area (Å²) in [6.45, 7) is 11.8. The zero-order valence-corrected chi connectivity index (χ0v) is 35.3. The lowest BCUT2D eigenvalue weighted by atomic mass is 9.60. The number of carbonyl (C=O) groups is 4. The van der Waals surface area contributed by atoms with Crippen molar-refractivity contribution in [3.63, 3.8) is 0 Å². The number of allylic oxidation sites excluding steroid dienone is 1. The Balaban J connectivity index is 0.705. The number of hydrogen-bond donors (Lipinski definition) is 2. The maximum atomic E-state index is 13.7. The molecule has 6 aliphatic rings. The first-order valence-electron chi connectivity index (χ1n) is 22.2. The highest BCUT2D eigenvalue weighted by Crippen LogP contribution is 2.52. The summed E-state index contributed by atoms with van der Waals surface area (Å²) >= 11 is 0. The van der Waals surface area contributed by atoms with Crippen LogP contribution in [0.4, 0.5) is 23.0 Å². The van der Waals surface area contributed by atoms with Crippen LogP contribution in [0.1, 0.15) is 83.3 Å². The molecule has 2 N–H and O–H groups in total. The molecule has 11 rings (SSSR count). The number of amides is 4. The molecule has 4 fully saturated rings. The first-order chi connectivity index (χ1) is 30.6. The highest BCUT2D eigenvalue weighted by molar-refractivity contribution is 6.25. The third-order valence-corrected chi connectivity index (χ3v) is 14.3. The van der Waals surface area contributed by atoms with E-state index < -0.39 is 23.8 Å². The largest absolute Gasteiger partial charge is 0.370 e. The van der Waals surface area contributed by atoms with E-state index in [2.05, 4.69) is 62.0 Å². The van der Waals surface area contributed by atoms with Crippen LogP contribution in [-0.4, -0.2) is 109 Å². The molecule has 2 unspecified atom stereocenters. The van der Waals surface area contributed by atoms with Gasteiger partial charge in [0.1, 0.15) is 11.4 Å². The Kier molecular flexibility index (Phi) is 9.33. The van der Waals surface area contributed by atoms with Crippen molar-refractivity contribution in [1.82, 2.24) is 39.4 Å². The standard InChI is InChI=1S/C47H49N11O5/c1-3-18-56-43(61)34-25-48-46(52-41(34)58(56)37-16-10-29-9-8-28(4-2)40(29)50-37)49-30-11-13-31(14-12-30)53-19-21-54(22-20-53)32-23-47(24-32)26-55(27-47)35-7-5-6-33-39(35)45(63)57(44(33)62)36-15-17-38(59)51-42(36)60/h3,5-7,10-14,16,25,28,32,36H,1,4,8-9,15,17-24,26-27H2,2H3,(H,48,49,52)(H,51,59,60). The summed E-state index contributed by atoms with van der Waals surface area (Å²) in [5.41, 5.74) is 6.31. The van der Waals surface area contributed by atoms with Crippen molar-refractivity contribution in [1.29, 1.82) is 0 Å². The summed E-state index contributed by atoms with van der Waals surface area (Å²) in [4.78, 5) is 87.6. The third kappa shape index (κ3) is 6.44. The molecule has 16 heteroatoms. The van der Waals surface area contributed by atoms with Crippen LogP contribution in [0, 0.1) is 5.41 Å². The van der Waals surface area contributed by atoms with E-state index >= 15 is 0 Å². The molecule has 0 bridgehead atoms. The molecule has 2 aliphatic carbocycles. The van der Waals surface area contributed by atoms with E-state index in [0.717, 1.165) is 99.0 Å². The predicted molar refractivity (Wildman–Crippen MR) is 237 cm³/mol. The number of imide groups is 2. The molecule has 63 heavy (non-hydrogen) atoms. The molecule has 1 spiro atoms. The first kappa shape index (κ1) is 39.2. The average Bonchev–Trinajstić information content (AvgIpc) is 3.89. The Hall–Kier alpha value is -6.68. The van der Waals surface area contributed by atoms with Crippen LogP contribution < -0.4 is 26.0 Å². The van der Waals surface area contributed by atoms with Crippen LogP contribution in [0.3, 0.4) is 0 Å². The van der Waals surface area contributed by atoms with Gasteiger partial charge in [0.05, 0.1) is 23.4 Å². The van der Waals surface area contributed by atoms with Crippen LogP contribution in [0.5, 0.6) is 0 Å². The van der Waals surface area contributed by atoms with Gasteiger partial charge in [-0.05, 0) is 86.6 Å². The number of carbonyl (C=O) groups excluding carboxylic acids is 4. The number of aryl methyl sites for hydroxylation is 1. The maximum Gasteiger partial charge on any atom is 0.278 e. The summed E-state index contributed by atoms with van der Waals surface area (Å²) in [7, 11) is 0. The van der Waals surface area contributed by atoms with Crippen molar-refractivity contribution in [3.8, 4) is 5.82 Å². The van der Waals surface area contributed by atoms with Crippen molar-refractivity contribution in [3.05, 3.63) is 106 Å². The van der Waals surface area contributed by atoms with Gasteiger partial charge < -0.3 is 15.1 Å². The normalized spacial score (nSPS) is 22.0. The summed E-state index contributed by atoms with van der Waals surface area (Å²) in [6.07, 6.45) is 8.86. The van der Waals surface area contributed by atoms with Crippen LogP contribution >= 0.6 is 0 Å². The van der Waals surface area contributed by atoms with E-state index in [4.69, 9.17) is 9.97 Å². The lowest BCUT2D eigenvalue weighted by Gasteiger charge is -2.62. The zero-order valence-electron chi connectivity index (χ0n) is 35.3. The van der Waals surface area contributed by atoms with Crippen LogP contribution in [0.2, 0.25) is 0 Å². The highest BCUT2D eigenvalue weighted by Gasteiger charge is 2.55. The van der Waals surface area contributed by atoms with Gasteiger partial charge in [-0.15, -0.1) is 6.58 Å². The van der Waals surface area contributed by atoms with Gasteiger partial charge >= 0.3 is 0 Å². The Morgan fingerprint density at radius 1 is 0.889 bits per heavy atom. The Morgan fingerprint density at radius 3 is 2.43 bits per heavy atom. The minimum absolute atomic E-state index is 0.0938. The number of nitrogens with one attached hydrogen (secondary N) is 2. The van der Waals surface area contributed by atoms with E-state index in [1.54, 1.807) is 33.8 Å². The maximum absolute atomic E-state index is 13.7. The summed E-state index contributed by atoms with van der Waals surface area (Å²) < 4.78 is 3.42. The summed E-state index contributed by atoms with van der Waals surface area (Å²) in [6, 6.07) is 17.3. The van der Waals surface area contributed by atoms with Gasteiger partial charge in [-0.1, -0.05) is 25.1 Å². The number of piperazine rings is 1. The number of aromatic nitrogens is 5. The molecule has 7 heterocycles. The molecule has 3 saturated heterocycles. The molecule has 4 amide bonds. The third-order valence-electron chi connectivity index (χ3n) is 14.3. The Labute approximate surface area is 363 Å². The molecule has 2 atom stereocenters. The van der Waals surface area contributed by atoms with Gasteiger partial charge in [0, 0.05) is 86.3 Å². The number of hydrogen-bond acceptors (Lipinski definition) is 12. The lowest BCUT2D eigenvalue weighted by molar-refractivity contribution is -0.136. The smallest absolute Gasteiger partial charge is 0.278 e. The molecular weight excluding hydrogens is 799 g/mol. The fraction of sp³-hybridized carbons (Fsp3) is 0.404. The van der Waals surface area contributed by atoms with E-state index in [0.29, 0.717) is 52.4 Å². The number of anilines is 4. The molecule has 1 saturated carbocycles. The van der Waals surface area contributed by atoms with Crippen LogP contribution in [-0.2, 0) is 22.6 Å². The van der Waals surface area contributed by atoms with E-state index in [-0.39, 0.29) is 29.7 Å². The number of benzene rings is 2. The van der Waals surface area contributed by atoms with E-state index in [9.17, 15) is 24.0 Å². The quantitative estimate of drug-likeness (QED) is 0.149. The van der Waals surface area contributed by atoms with Gasteiger partial charge in [-0.25, -0.2) is 19.3 Å². The molecular formula is C47H49N11O5. The molecule has 0 radical (unpaired) electrons. The Bertz CT molecular complexity index is 2790. The van der Waals surface area contributed by atoms with Crippen molar-refractivity contribution in [2.24, 2.45) is 5.41 Å². The number of rotatable bonds is 10. The Morgan fingerprint density at radius 2 is 1.68 bits per heavy atom. The van der Waals surface area contributed by atoms with Gasteiger partial charge in [0.2, 0.25) is 17.8 Å². The van der Waals surface area contributed by atoms with Gasteiger partial charge in [0.15, 0.2) is 11.5 Å². The van der Waals surface area contributed by atoms with Crippen molar-refractivity contribution in [2.75, 3.05) is 54.4 Å². The van der Waals surface area contributed by atoms with E-state index in [1.807, 2.05) is 24.3 Å². The van der Waals surface area contributed by atoms with Crippen molar-refractivity contribution < 1.29 is 19.2 Å². The topological polar surface area (TPSA) is 171 Å².